The van der Waals surface area contributed by atoms with Crippen LogP contribution in [-0.2, 0) is 12.7 Å². The number of H-pyrrole nitrogens is 1. The molecule has 0 bridgehead atoms. The molecule has 4 aromatic rings. The van der Waals surface area contributed by atoms with Crippen molar-refractivity contribution in [3.63, 3.8) is 0 Å². The molecule has 0 atom stereocenters. The maximum atomic E-state index is 12.8. The van der Waals surface area contributed by atoms with E-state index in [1.807, 2.05) is 18.2 Å². The van der Waals surface area contributed by atoms with Gasteiger partial charge in [0.2, 0.25) is 0 Å². The summed E-state index contributed by atoms with van der Waals surface area (Å²) in [5, 5.41) is 4.00. The molecule has 0 unspecified atom stereocenters. The van der Waals surface area contributed by atoms with E-state index in [1.54, 1.807) is 24.7 Å². The second-order valence-electron chi connectivity index (χ2n) is 5.94. The molecular formula is C19H14F3N5. The maximum absolute atomic E-state index is 12.8. The Morgan fingerprint density at radius 1 is 1.07 bits per heavy atom. The smallest absolute Gasteiger partial charge is 0.366 e. The summed E-state index contributed by atoms with van der Waals surface area (Å²) >= 11 is 0. The van der Waals surface area contributed by atoms with Gasteiger partial charge in [0.15, 0.2) is 0 Å². The fraction of sp³-hybridized carbons (Fsp3) is 0.105. The van der Waals surface area contributed by atoms with Crippen molar-refractivity contribution in [3.8, 4) is 11.3 Å². The van der Waals surface area contributed by atoms with Crippen molar-refractivity contribution < 1.29 is 13.2 Å². The maximum Gasteiger partial charge on any atom is 0.417 e. The van der Waals surface area contributed by atoms with Crippen LogP contribution in [0.25, 0.3) is 22.3 Å². The monoisotopic (exact) mass is 369 g/mol. The van der Waals surface area contributed by atoms with E-state index in [1.165, 1.54) is 6.07 Å². The van der Waals surface area contributed by atoms with Crippen LogP contribution in [0.4, 0.5) is 19.0 Å². The largest absolute Gasteiger partial charge is 0.417 e. The van der Waals surface area contributed by atoms with Gasteiger partial charge in [-0.25, -0.2) is 4.98 Å². The molecule has 0 aromatic carbocycles. The minimum absolute atomic E-state index is 0.444. The van der Waals surface area contributed by atoms with Crippen molar-refractivity contribution in [1.82, 2.24) is 19.9 Å². The highest BCUT2D eigenvalue weighted by molar-refractivity contribution is 5.93. The van der Waals surface area contributed by atoms with Crippen molar-refractivity contribution in [2.45, 2.75) is 12.7 Å². The third-order valence-corrected chi connectivity index (χ3v) is 4.09. The van der Waals surface area contributed by atoms with Crippen LogP contribution in [0.3, 0.4) is 0 Å². The van der Waals surface area contributed by atoms with Gasteiger partial charge >= 0.3 is 6.18 Å². The normalized spacial score (nSPS) is 11.7. The molecule has 4 aromatic heterocycles. The van der Waals surface area contributed by atoms with E-state index in [-0.39, 0.29) is 0 Å². The first kappa shape index (κ1) is 17.0. The second-order valence-corrected chi connectivity index (χ2v) is 5.94. The summed E-state index contributed by atoms with van der Waals surface area (Å²) in [6.07, 6.45) is 1.61. The Balaban J connectivity index is 1.68. The Morgan fingerprint density at radius 3 is 2.67 bits per heavy atom. The molecule has 0 aliphatic rings. The Hall–Kier alpha value is -3.42. The van der Waals surface area contributed by atoms with Crippen LogP contribution in [0.1, 0.15) is 11.1 Å². The van der Waals surface area contributed by atoms with Gasteiger partial charge in [-0.3, -0.25) is 9.97 Å². The number of hydrogen-bond donors (Lipinski definition) is 2. The molecular weight excluding hydrogens is 355 g/mol. The number of aromatic nitrogens is 4. The highest BCUT2D eigenvalue weighted by Gasteiger charge is 2.30. The van der Waals surface area contributed by atoms with Crippen LogP contribution in [0.15, 0.2) is 61.2 Å². The van der Waals surface area contributed by atoms with Gasteiger partial charge in [-0.1, -0.05) is 6.07 Å². The highest BCUT2D eigenvalue weighted by Crippen LogP contribution is 2.32. The van der Waals surface area contributed by atoms with Crippen molar-refractivity contribution in [3.05, 3.63) is 72.3 Å². The number of pyridine rings is 3. The van der Waals surface area contributed by atoms with E-state index in [0.717, 1.165) is 23.2 Å². The zero-order chi connectivity index (χ0) is 18.9. The predicted octanol–water partition coefficient (Wildman–Crippen LogP) is 4.65. The summed E-state index contributed by atoms with van der Waals surface area (Å²) in [5.74, 6) is 0.588. The van der Waals surface area contributed by atoms with Crippen molar-refractivity contribution in [1.29, 1.82) is 0 Å². The molecule has 27 heavy (non-hydrogen) atoms. The molecule has 0 aliphatic carbocycles. The number of alkyl halides is 3. The average molecular weight is 369 g/mol. The number of anilines is 1. The van der Waals surface area contributed by atoms with Crippen LogP contribution in [0.5, 0.6) is 0 Å². The fourth-order valence-corrected chi connectivity index (χ4v) is 2.76. The fourth-order valence-electron chi connectivity index (χ4n) is 2.76. The number of rotatable bonds is 4. The lowest BCUT2D eigenvalue weighted by Gasteiger charge is -2.10. The Morgan fingerprint density at radius 2 is 1.96 bits per heavy atom. The van der Waals surface area contributed by atoms with Gasteiger partial charge in [0.05, 0.1) is 11.3 Å². The summed E-state index contributed by atoms with van der Waals surface area (Å²) < 4.78 is 38.3. The van der Waals surface area contributed by atoms with Crippen LogP contribution >= 0.6 is 0 Å². The average Bonchev–Trinajstić information content (AvgIpc) is 3.14. The molecule has 4 rings (SSSR count). The van der Waals surface area contributed by atoms with Crippen LogP contribution in [0, 0.1) is 0 Å². The van der Waals surface area contributed by atoms with Crippen LogP contribution in [-0.4, -0.2) is 19.9 Å². The number of nitrogens with one attached hydrogen (secondary N) is 2. The summed E-state index contributed by atoms with van der Waals surface area (Å²) in [7, 11) is 0. The topological polar surface area (TPSA) is 66.5 Å². The zero-order valence-corrected chi connectivity index (χ0v) is 14.0. The van der Waals surface area contributed by atoms with Crippen molar-refractivity contribution >= 4 is 16.9 Å². The minimum Gasteiger partial charge on any atom is -0.366 e. The van der Waals surface area contributed by atoms with E-state index in [0.29, 0.717) is 29.3 Å². The van der Waals surface area contributed by atoms with Gasteiger partial charge in [-0.05, 0) is 35.9 Å². The summed E-state index contributed by atoms with van der Waals surface area (Å²) in [4.78, 5) is 15.6. The standard InChI is InChI=1S/C19H14F3N5/c20-19(21,22)13-3-4-16(25-11-13)15-8-17(27-18-14(15)5-7-24-18)26-10-12-2-1-6-23-9-12/h1-9,11H,10H2,(H2,24,26,27). The Bertz CT molecular complexity index is 1060. The van der Waals surface area contributed by atoms with Gasteiger partial charge in [0.25, 0.3) is 0 Å². The van der Waals surface area contributed by atoms with Gasteiger partial charge in [0.1, 0.15) is 11.5 Å². The number of halogens is 3. The van der Waals surface area contributed by atoms with E-state index in [4.69, 9.17) is 0 Å². The molecule has 0 aliphatic heterocycles. The molecule has 0 saturated carbocycles. The molecule has 136 valence electrons. The third kappa shape index (κ3) is 3.59. The van der Waals surface area contributed by atoms with Crippen molar-refractivity contribution in [2.24, 2.45) is 0 Å². The number of hydrogen-bond acceptors (Lipinski definition) is 4. The molecule has 2 N–H and O–H groups in total. The van der Waals surface area contributed by atoms with E-state index >= 15 is 0 Å². The highest BCUT2D eigenvalue weighted by atomic mass is 19.4. The molecule has 0 amide bonds. The number of aromatic amines is 1. The molecule has 8 heteroatoms. The quantitative estimate of drug-likeness (QED) is 0.549. The first-order valence-electron chi connectivity index (χ1n) is 8.15. The van der Waals surface area contributed by atoms with E-state index in [9.17, 15) is 13.2 Å². The molecule has 5 nitrogen and oxygen atoms in total. The second kappa shape index (κ2) is 6.71. The van der Waals surface area contributed by atoms with Crippen LogP contribution < -0.4 is 5.32 Å². The Kier molecular flexibility index (Phi) is 4.23. The lowest BCUT2D eigenvalue weighted by Crippen LogP contribution is -2.05. The first-order valence-corrected chi connectivity index (χ1v) is 8.15. The third-order valence-electron chi connectivity index (χ3n) is 4.09. The summed E-state index contributed by atoms with van der Waals surface area (Å²) in [6.45, 7) is 0.521. The van der Waals surface area contributed by atoms with Crippen LogP contribution in [0.2, 0.25) is 0 Å². The molecule has 0 radical (unpaired) electrons. The molecule has 0 fully saturated rings. The Labute approximate surface area is 152 Å². The van der Waals surface area contributed by atoms with Crippen molar-refractivity contribution in [2.75, 3.05) is 5.32 Å². The van der Waals surface area contributed by atoms with Gasteiger partial charge in [-0.15, -0.1) is 0 Å². The van der Waals surface area contributed by atoms with E-state index < -0.39 is 11.7 Å². The molecule has 4 heterocycles. The summed E-state index contributed by atoms with van der Waals surface area (Å²) in [6, 6.07) is 9.78. The van der Waals surface area contributed by atoms with Gasteiger partial charge in [0, 0.05) is 42.3 Å². The number of fused-ring (bicyclic) bond motifs is 1. The number of nitrogens with zero attached hydrogens (tertiary/aromatic N) is 3. The molecule has 0 spiro atoms. The molecule has 0 saturated heterocycles. The summed E-state index contributed by atoms with van der Waals surface area (Å²) in [5.41, 5.74) is 1.98. The van der Waals surface area contributed by atoms with E-state index in [2.05, 4.69) is 25.3 Å². The SMILES string of the molecule is FC(F)(F)c1ccc(-c2cc(NCc3cccnc3)nc3[nH]ccc23)nc1. The minimum atomic E-state index is -4.41. The first-order chi connectivity index (χ1) is 13.0. The predicted molar refractivity (Wildman–Crippen MR) is 95.9 cm³/mol. The lowest BCUT2D eigenvalue weighted by atomic mass is 10.1. The zero-order valence-electron chi connectivity index (χ0n) is 14.0. The van der Waals surface area contributed by atoms with Gasteiger partial charge in [-0.2, -0.15) is 13.2 Å². The van der Waals surface area contributed by atoms with Gasteiger partial charge < -0.3 is 10.3 Å². The lowest BCUT2D eigenvalue weighted by molar-refractivity contribution is -0.137.